The number of nitrogens with zero attached hydrogens (tertiary/aromatic N) is 4. The Kier molecular flexibility index (Phi) is 65.4. The fourth-order valence-electron chi connectivity index (χ4n) is 11.2. The molecule has 0 aliphatic heterocycles. The van der Waals surface area contributed by atoms with Crippen molar-refractivity contribution in [2.45, 2.75) is 256 Å². The third kappa shape index (κ3) is 66.0. The smallest absolute Gasteiger partial charge is 0.374 e. The highest BCUT2D eigenvalue weighted by Gasteiger charge is 2.33. The van der Waals surface area contributed by atoms with Gasteiger partial charge in [0.15, 0.2) is 0 Å². The SMILES string of the molecule is CB(O)N[C@H](CC(=O)OC(C)(C)C)C(=O)Nc1cc(N(CCCl)CCCl)ccc1C.CB(O)N[C@H](CC(=O)OC(C)(C)C)C(=O)Nc1cc(N)ccc1C.CB(O)N[C@H](CC(=O)OC(C)(C)C)C(=O)Nc1cc([N+](=O)[O-])ccc1C.CB(O)N[C@H](CC(=O)OC(C)(C)C)C(=O)O.CC(C)(C)OC(=O)CO.Cc1ccc(N(CCCl)CCCl)cc1NC(=O)[C@H](N)CC(=O)O.Cc1ccc([N+](=O)[O-])cc1N.O=CCCl. The van der Waals surface area contributed by atoms with Gasteiger partial charge in [-0.3, -0.25) is 68.2 Å². The van der Waals surface area contributed by atoms with Crippen molar-refractivity contribution in [1.29, 1.82) is 0 Å². The number of nitrogens with two attached hydrogens (primary N) is 3. The van der Waals surface area contributed by atoms with E-state index in [2.05, 4.69) is 42.2 Å². The summed E-state index contributed by atoms with van der Waals surface area (Å²) in [4.78, 5) is 162. The minimum Gasteiger partial charge on any atom is -0.481 e. The number of hydrogen-bond donors (Lipinski definition) is 18. The number of carbonyl (C=O) groups is 12. The Bertz CT molecular complexity index is 4860. The van der Waals surface area contributed by atoms with E-state index in [0.29, 0.717) is 90.0 Å². The summed E-state index contributed by atoms with van der Waals surface area (Å²) in [5.41, 5.74) is 22.2. The molecule has 5 aromatic rings. The summed E-state index contributed by atoms with van der Waals surface area (Å²) in [7, 11) is -3.97. The minimum atomic E-state index is -1.20. The number of hydrogen-bond acceptors (Lipinski definition) is 35. The van der Waals surface area contributed by atoms with E-state index in [1.807, 2.05) is 60.9 Å². The molecule has 0 heterocycles. The summed E-state index contributed by atoms with van der Waals surface area (Å²) in [5.74, 6) is -5.31. The zero-order valence-corrected chi connectivity index (χ0v) is 89.4. The highest BCUT2D eigenvalue weighted by atomic mass is 35.5. The van der Waals surface area contributed by atoms with Crippen molar-refractivity contribution in [1.82, 2.24) is 20.9 Å². The first-order valence-electron chi connectivity index (χ1n) is 44.8. The van der Waals surface area contributed by atoms with Crippen LogP contribution >= 0.6 is 58.0 Å². The van der Waals surface area contributed by atoms with Gasteiger partial charge < -0.3 is 133 Å². The number of amides is 4. The van der Waals surface area contributed by atoms with Crippen LogP contribution in [0.15, 0.2) is 91.0 Å². The Hall–Kier alpha value is -10.8. The molecular formula is C91H144B4Cl5N15O28. The van der Waals surface area contributed by atoms with Crippen molar-refractivity contribution in [3.05, 3.63) is 139 Å². The number of nitrogen functional groups attached to an aromatic ring is 2. The third-order valence-electron chi connectivity index (χ3n) is 17.3. The summed E-state index contributed by atoms with van der Waals surface area (Å²) < 4.78 is 25.4. The van der Waals surface area contributed by atoms with Crippen LogP contribution in [0.3, 0.4) is 0 Å². The normalized spacial score (nSPS) is 11.9. The Morgan fingerprint density at radius 1 is 0.406 bits per heavy atom. The molecule has 52 heteroatoms. The van der Waals surface area contributed by atoms with Crippen LogP contribution in [0.25, 0.3) is 0 Å². The molecule has 5 atom stereocenters. The molecule has 0 aliphatic carbocycles. The van der Waals surface area contributed by atoms with Crippen LogP contribution in [0.4, 0.5) is 56.9 Å². The number of aliphatic carboxylic acids is 2. The molecule has 0 saturated carbocycles. The fourth-order valence-corrected chi connectivity index (χ4v) is 12.0. The number of ether oxygens (including phenoxy) is 5. The average Bonchev–Trinajstić information content (AvgIpc) is 0.844. The number of rotatable bonds is 41. The van der Waals surface area contributed by atoms with E-state index in [9.17, 15) is 88.0 Å². The lowest BCUT2D eigenvalue weighted by Crippen LogP contribution is -2.48. The number of aliphatic hydroxyl groups is 1. The quantitative estimate of drug-likeness (QED) is 0.00253. The molecule has 5 aromatic carbocycles. The third-order valence-corrected chi connectivity index (χ3v) is 18.1. The lowest BCUT2D eigenvalue weighted by atomic mass is 9.86. The summed E-state index contributed by atoms with van der Waals surface area (Å²) in [6, 6.07) is 19.7. The van der Waals surface area contributed by atoms with Gasteiger partial charge in [0.25, 0.3) is 11.4 Å². The zero-order chi connectivity index (χ0) is 111. The summed E-state index contributed by atoms with van der Waals surface area (Å²) in [5, 5.41) is 106. The molecular weight excluding hydrogens is 1970 g/mol. The van der Waals surface area contributed by atoms with Crippen LogP contribution in [0, 0.1) is 54.8 Å². The van der Waals surface area contributed by atoms with E-state index in [4.69, 9.17) is 124 Å². The molecule has 0 radical (unpaired) electrons. The number of anilines is 8. The van der Waals surface area contributed by atoms with Crippen LogP contribution < -0.4 is 69.2 Å². The maximum atomic E-state index is 12.9. The molecule has 0 spiro atoms. The number of nitrogens with one attached hydrogen (secondary N) is 8. The molecule has 5 rings (SSSR count). The number of benzene rings is 5. The van der Waals surface area contributed by atoms with Crippen LogP contribution in [0.2, 0.25) is 27.3 Å². The standard InChI is InChI=1S/C20H32BCl2N3O4.C16H24BN3O6.C16H26BN3O4.C15H21Cl2N3O3.C9H18BNO5.C7H8N2O2.C6H12O3.C2H3ClO/c1-14-6-7-15(26(10-8-22)11-9-23)12-16(14)24-19(28)17(25-21(5)29)13-18(27)30-20(2,3)4;1-10-6-7-11(20(24)25)8-12(10)18-15(22)13(19-17(5)23)9-14(21)26-16(2,3)4;1-10-6-7-11(18)8-12(10)19-15(22)13(20-17(5)23)9-14(21)24-16(2,3)4;1-10-2-3-11(20(6-4-16)7-5-17)8-13(10)19-15(23)12(18)9-14(21)22;1-9(2,3)16-7(12)5-6(8(13)14)11-10(4)15;1-5-2-3-6(9(10)11)4-7(5)8;1-6(2,3)9-5(8)4-7;3-1-2-4/h6-7,12,17,25,29H,8-11,13H2,1-5H3,(H,24,28);6-8,13,19,23H,9H2,1-5H3,(H,18,22);6-8,13,20,23H,9,18H2,1-5H3,(H,19,22);2-3,8,12H,4-7,9,18H2,1H3,(H,19,23)(H,21,22);6,11,15H,5H2,1-4H3,(H,13,14);2-4H,8H2,1H3;7H,4H2,1-3H3;2H,1H2/t17-;2*13-;12-;6-;;;/m11111.../s1. The number of carboxylic acids is 2. The van der Waals surface area contributed by atoms with Crippen molar-refractivity contribution >= 4 is 215 Å². The van der Waals surface area contributed by atoms with Gasteiger partial charge in [-0.2, -0.15) is 0 Å². The van der Waals surface area contributed by atoms with Crippen LogP contribution in [0.1, 0.15) is 164 Å². The first kappa shape index (κ1) is 136. The largest absolute Gasteiger partial charge is 0.481 e. The molecule has 0 aliphatic rings. The van der Waals surface area contributed by atoms with Crippen molar-refractivity contribution in [2.75, 3.05) is 105 Å². The second-order valence-electron chi connectivity index (χ2n) is 36.7. The Morgan fingerprint density at radius 2 is 0.664 bits per heavy atom. The lowest BCUT2D eigenvalue weighted by Gasteiger charge is -2.25. The van der Waals surface area contributed by atoms with Gasteiger partial charge in [0.1, 0.15) is 46.9 Å². The maximum absolute atomic E-state index is 12.9. The van der Waals surface area contributed by atoms with Crippen molar-refractivity contribution in [3.8, 4) is 0 Å². The van der Waals surface area contributed by atoms with E-state index in [1.54, 1.807) is 148 Å². The van der Waals surface area contributed by atoms with Crippen LogP contribution in [0.5, 0.6) is 0 Å². The predicted octanol–water partition coefficient (Wildman–Crippen LogP) is 10.1. The molecule has 0 aromatic heterocycles. The molecule has 43 nitrogen and oxygen atoms in total. The van der Waals surface area contributed by atoms with Gasteiger partial charge in [-0.15, -0.1) is 58.0 Å². The summed E-state index contributed by atoms with van der Waals surface area (Å²) in [6.45, 7) is 42.7. The van der Waals surface area contributed by atoms with Gasteiger partial charge in [0, 0.05) is 114 Å². The molecule has 0 bridgehead atoms. The van der Waals surface area contributed by atoms with Gasteiger partial charge >= 0.3 is 70.0 Å². The average molecular weight is 2120 g/mol. The Labute approximate surface area is 862 Å². The second kappa shape index (κ2) is 68.5. The predicted molar refractivity (Wildman–Crippen MR) is 562 cm³/mol. The number of nitro benzene ring substituents is 2. The molecule has 0 saturated heterocycles. The molecule has 798 valence electrons. The summed E-state index contributed by atoms with van der Waals surface area (Å²) in [6.07, 6.45) is -0.817. The first-order chi connectivity index (χ1) is 65.8. The van der Waals surface area contributed by atoms with E-state index >= 15 is 0 Å². The number of esters is 5. The minimum absolute atomic E-state index is 0.0353. The van der Waals surface area contributed by atoms with E-state index in [1.165, 1.54) is 57.6 Å². The van der Waals surface area contributed by atoms with Gasteiger partial charge in [-0.1, -0.05) is 30.3 Å². The van der Waals surface area contributed by atoms with Crippen LogP contribution in [-0.4, -0.2) is 266 Å². The van der Waals surface area contributed by atoms with Crippen molar-refractivity contribution < 1.29 is 126 Å². The van der Waals surface area contributed by atoms with Gasteiger partial charge in [-0.25, -0.2) is 4.79 Å². The Morgan fingerprint density at radius 3 is 0.923 bits per heavy atom. The molecule has 4 amide bonds. The zero-order valence-electron chi connectivity index (χ0n) is 85.7. The number of halogens is 5. The highest BCUT2D eigenvalue weighted by Crippen LogP contribution is 2.29. The molecule has 143 heavy (non-hydrogen) atoms. The number of alkyl halides is 5. The summed E-state index contributed by atoms with van der Waals surface area (Å²) >= 11 is 28.2. The monoisotopic (exact) mass is 2110 g/mol. The van der Waals surface area contributed by atoms with Gasteiger partial charge in [0.05, 0.1) is 77.7 Å². The van der Waals surface area contributed by atoms with E-state index < -0.39 is 175 Å². The number of aldehydes is 1. The van der Waals surface area contributed by atoms with Crippen LogP contribution in [-0.2, 0) is 81.2 Å². The second-order valence-corrected chi connectivity index (χ2v) is 38.5. The van der Waals surface area contributed by atoms with E-state index in [-0.39, 0.29) is 48.6 Å². The number of aryl methyl sites for hydroxylation is 5. The highest BCUT2D eigenvalue weighted by molar-refractivity contribution is 6.47. The molecule has 21 N–H and O–H groups in total. The fraction of sp³-hybridized carbons (Fsp3) is 0.538. The Balaban J connectivity index is -0.00000163. The van der Waals surface area contributed by atoms with Gasteiger partial charge in [-0.05, 0) is 230 Å². The first-order valence-corrected chi connectivity index (χ1v) is 47.5. The van der Waals surface area contributed by atoms with Gasteiger partial charge in [0.2, 0.25) is 23.6 Å². The number of carboxylic acid groups (broad SMARTS) is 2. The topological polar surface area (TPSA) is 660 Å². The molecule has 0 unspecified atom stereocenters. The number of aliphatic hydroxyl groups excluding tert-OH is 1. The maximum Gasteiger partial charge on any atom is 0.374 e. The number of carbonyl (C=O) groups excluding carboxylic acids is 10. The lowest BCUT2D eigenvalue weighted by molar-refractivity contribution is -0.385. The molecule has 0 fully saturated rings. The van der Waals surface area contributed by atoms with E-state index in [0.717, 1.165) is 33.6 Å². The van der Waals surface area contributed by atoms with Crippen molar-refractivity contribution in [3.63, 3.8) is 0 Å². The number of nitro groups is 2. The number of non-ortho nitro benzene ring substituents is 2. The van der Waals surface area contributed by atoms with Crippen molar-refractivity contribution in [2.24, 2.45) is 5.73 Å².